The van der Waals surface area contributed by atoms with Gasteiger partial charge in [-0.05, 0) is 18.4 Å². The molecule has 2 N–H and O–H groups in total. The lowest BCUT2D eigenvalue weighted by molar-refractivity contribution is -0.150. The number of carboxylic acids is 1. The van der Waals surface area contributed by atoms with E-state index in [1.807, 2.05) is 30.3 Å². The highest BCUT2D eigenvalue weighted by atomic mass is 16.4. The molecule has 1 fully saturated rings. The van der Waals surface area contributed by atoms with Gasteiger partial charge in [0.2, 0.25) is 5.91 Å². The molecule has 1 amide bonds. The topological polar surface area (TPSA) is 66.4 Å². The molecule has 102 valence electrons. The molecule has 1 saturated carbocycles. The number of carbonyl (C=O) groups excluding carboxylic acids is 1. The van der Waals surface area contributed by atoms with Crippen LogP contribution in [0.15, 0.2) is 30.3 Å². The first-order chi connectivity index (χ1) is 9.06. The number of nitrogens with one attached hydrogen (secondary N) is 1. The summed E-state index contributed by atoms with van der Waals surface area (Å²) in [6.45, 7) is 1.38. The second kappa shape index (κ2) is 5.43. The molecule has 4 nitrogen and oxygen atoms in total. The molecule has 0 saturated heterocycles. The second-order valence-corrected chi connectivity index (χ2v) is 5.17. The fourth-order valence-corrected chi connectivity index (χ4v) is 3.08. The van der Waals surface area contributed by atoms with Gasteiger partial charge in [0, 0.05) is 12.8 Å². The average Bonchev–Trinajstić information content (AvgIpc) is 2.39. The van der Waals surface area contributed by atoms with Gasteiger partial charge in [-0.15, -0.1) is 0 Å². The Morgan fingerprint density at radius 1 is 1.26 bits per heavy atom. The van der Waals surface area contributed by atoms with E-state index in [-0.39, 0.29) is 11.8 Å². The first kappa shape index (κ1) is 13.6. The Bertz CT molecular complexity index is 472. The van der Waals surface area contributed by atoms with Gasteiger partial charge in [0.15, 0.2) is 0 Å². The van der Waals surface area contributed by atoms with E-state index in [1.54, 1.807) is 0 Å². The number of hydrogen-bond acceptors (Lipinski definition) is 2. The van der Waals surface area contributed by atoms with Gasteiger partial charge in [0.25, 0.3) is 0 Å². The number of aliphatic carboxylic acids is 1. The minimum Gasteiger partial charge on any atom is -0.479 e. The van der Waals surface area contributed by atoms with Crippen molar-refractivity contribution in [2.24, 2.45) is 0 Å². The highest BCUT2D eigenvalue weighted by molar-refractivity contribution is 5.87. The molecule has 1 aromatic carbocycles. The van der Waals surface area contributed by atoms with Crippen LogP contribution in [0.4, 0.5) is 0 Å². The molecule has 0 radical (unpaired) electrons. The van der Waals surface area contributed by atoms with Crippen molar-refractivity contribution in [3.05, 3.63) is 35.9 Å². The van der Waals surface area contributed by atoms with Crippen LogP contribution in [0.25, 0.3) is 0 Å². The van der Waals surface area contributed by atoms with Crippen molar-refractivity contribution in [3.8, 4) is 0 Å². The van der Waals surface area contributed by atoms with Gasteiger partial charge in [-0.1, -0.05) is 43.2 Å². The van der Waals surface area contributed by atoms with Gasteiger partial charge in [0.05, 0.1) is 0 Å². The van der Waals surface area contributed by atoms with Gasteiger partial charge in [-0.25, -0.2) is 4.79 Å². The monoisotopic (exact) mass is 261 g/mol. The highest BCUT2D eigenvalue weighted by Gasteiger charge is 2.48. The van der Waals surface area contributed by atoms with E-state index < -0.39 is 11.5 Å². The van der Waals surface area contributed by atoms with E-state index >= 15 is 0 Å². The highest BCUT2D eigenvalue weighted by Crippen LogP contribution is 2.41. The zero-order valence-corrected chi connectivity index (χ0v) is 11.1. The summed E-state index contributed by atoms with van der Waals surface area (Å²) in [7, 11) is 0. The molecular weight excluding hydrogens is 242 g/mol. The maximum absolute atomic E-state index is 11.8. The number of carbonyl (C=O) groups is 2. The molecule has 2 atom stereocenters. The van der Waals surface area contributed by atoms with Crippen LogP contribution in [0.1, 0.15) is 44.1 Å². The summed E-state index contributed by atoms with van der Waals surface area (Å²) in [4.78, 5) is 23.2. The average molecular weight is 261 g/mol. The molecule has 0 bridgehead atoms. The number of amides is 1. The summed E-state index contributed by atoms with van der Waals surface area (Å²) in [6, 6.07) is 9.60. The standard InChI is InChI=1S/C15H19NO3/c1-11(17)16-15(14(18)19)10-6-5-9-13(15)12-7-3-2-4-8-12/h2-4,7-8,13H,5-6,9-10H2,1H3,(H,16,17)(H,18,19). The Hall–Kier alpha value is -1.84. The summed E-state index contributed by atoms with van der Waals surface area (Å²) in [5.41, 5.74) is -0.177. The minimum atomic E-state index is -1.16. The summed E-state index contributed by atoms with van der Waals surface area (Å²) in [5, 5.41) is 12.4. The van der Waals surface area contributed by atoms with Crippen molar-refractivity contribution >= 4 is 11.9 Å². The molecule has 0 heterocycles. The van der Waals surface area contributed by atoms with Gasteiger partial charge >= 0.3 is 5.97 Å². The first-order valence-corrected chi connectivity index (χ1v) is 6.63. The van der Waals surface area contributed by atoms with Crippen LogP contribution in [-0.4, -0.2) is 22.5 Å². The zero-order valence-electron chi connectivity index (χ0n) is 11.1. The molecule has 1 aliphatic carbocycles. The summed E-state index contributed by atoms with van der Waals surface area (Å²) in [5.74, 6) is -1.38. The molecule has 1 aromatic rings. The third-order valence-corrected chi connectivity index (χ3v) is 3.89. The molecule has 2 unspecified atom stereocenters. The van der Waals surface area contributed by atoms with Crippen LogP contribution in [-0.2, 0) is 9.59 Å². The Balaban J connectivity index is 2.42. The smallest absolute Gasteiger partial charge is 0.330 e. The summed E-state index contributed by atoms with van der Waals surface area (Å²) < 4.78 is 0. The molecule has 4 heteroatoms. The third kappa shape index (κ3) is 2.62. The Morgan fingerprint density at radius 2 is 1.95 bits per heavy atom. The molecule has 0 spiro atoms. The molecule has 1 aliphatic rings. The molecule has 2 rings (SSSR count). The fourth-order valence-electron chi connectivity index (χ4n) is 3.08. The van der Waals surface area contributed by atoms with E-state index in [2.05, 4.69) is 5.32 Å². The van der Waals surface area contributed by atoms with E-state index in [0.29, 0.717) is 6.42 Å². The van der Waals surface area contributed by atoms with Gasteiger partial charge in [-0.3, -0.25) is 4.79 Å². The van der Waals surface area contributed by atoms with Crippen molar-refractivity contribution in [2.75, 3.05) is 0 Å². The number of benzene rings is 1. The predicted octanol–water partition coefficient (Wildman–Crippen LogP) is 2.30. The third-order valence-electron chi connectivity index (χ3n) is 3.89. The molecule has 0 aliphatic heterocycles. The van der Waals surface area contributed by atoms with Crippen LogP contribution < -0.4 is 5.32 Å². The minimum absolute atomic E-state index is 0.163. The van der Waals surface area contributed by atoms with Crippen molar-refractivity contribution < 1.29 is 14.7 Å². The first-order valence-electron chi connectivity index (χ1n) is 6.63. The molecular formula is C15H19NO3. The van der Waals surface area contributed by atoms with Crippen molar-refractivity contribution in [2.45, 2.75) is 44.1 Å². The summed E-state index contributed by atoms with van der Waals surface area (Å²) >= 11 is 0. The number of hydrogen-bond donors (Lipinski definition) is 2. The maximum atomic E-state index is 11.8. The zero-order chi connectivity index (χ0) is 13.9. The fraction of sp³-hybridized carbons (Fsp3) is 0.467. The van der Waals surface area contributed by atoms with Crippen LogP contribution >= 0.6 is 0 Å². The number of carboxylic acid groups (broad SMARTS) is 1. The Morgan fingerprint density at radius 3 is 2.53 bits per heavy atom. The predicted molar refractivity (Wildman–Crippen MR) is 71.8 cm³/mol. The van der Waals surface area contributed by atoms with Crippen LogP contribution in [0, 0.1) is 0 Å². The van der Waals surface area contributed by atoms with E-state index in [4.69, 9.17) is 0 Å². The van der Waals surface area contributed by atoms with E-state index in [0.717, 1.165) is 24.8 Å². The molecule has 0 aromatic heterocycles. The van der Waals surface area contributed by atoms with E-state index in [9.17, 15) is 14.7 Å². The van der Waals surface area contributed by atoms with Crippen molar-refractivity contribution in [3.63, 3.8) is 0 Å². The number of rotatable bonds is 3. The van der Waals surface area contributed by atoms with E-state index in [1.165, 1.54) is 6.92 Å². The Kier molecular flexibility index (Phi) is 3.88. The van der Waals surface area contributed by atoms with Gasteiger partial charge in [0.1, 0.15) is 5.54 Å². The van der Waals surface area contributed by atoms with Crippen molar-refractivity contribution in [1.82, 2.24) is 5.32 Å². The van der Waals surface area contributed by atoms with Crippen LogP contribution in [0.2, 0.25) is 0 Å². The summed E-state index contributed by atoms with van der Waals surface area (Å²) in [6.07, 6.45) is 3.10. The lowest BCUT2D eigenvalue weighted by atomic mass is 9.69. The Labute approximate surface area is 112 Å². The van der Waals surface area contributed by atoms with Crippen LogP contribution in [0.3, 0.4) is 0 Å². The quantitative estimate of drug-likeness (QED) is 0.877. The SMILES string of the molecule is CC(=O)NC1(C(=O)O)CCCCC1c1ccccc1. The normalized spacial score (nSPS) is 26.7. The van der Waals surface area contributed by atoms with Crippen molar-refractivity contribution in [1.29, 1.82) is 0 Å². The van der Waals surface area contributed by atoms with Crippen LogP contribution in [0.5, 0.6) is 0 Å². The largest absolute Gasteiger partial charge is 0.479 e. The second-order valence-electron chi connectivity index (χ2n) is 5.17. The van der Waals surface area contributed by atoms with Gasteiger partial charge < -0.3 is 10.4 Å². The van der Waals surface area contributed by atoms with Gasteiger partial charge in [-0.2, -0.15) is 0 Å². The maximum Gasteiger partial charge on any atom is 0.330 e. The molecule has 19 heavy (non-hydrogen) atoms. The lowest BCUT2D eigenvalue weighted by Gasteiger charge is -2.41. The lowest BCUT2D eigenvalue weighted by Crippen LogP contribution is -2.59.